The molecule has 1 fully saturated rings. The van der Waals surface area contributed by atoms with Crippen molar-refractivity contribution in [2.45, 2.75) is 58.4 Å². The molecule has 5 heteroatoms. The summed E-state index contributed by atoms with van der Waals surface area (Å²) in [5, 5.41) is 6.38. The summed E-state index contributed by atoms with van der Waals surface area (Å²) in [6, 6.07) is 0.514. The number of hydrogen-bond acceptors (Lipinski definition) is 5. The van der Waals surface area contributed by atoms with Gasteiger partial charge in [0.1, 0.15) is 5.41 Å². The van der Waals surface area contributed by atoms with E-state index in [0.29, 0.717) is 18.6 Å². The molecule has 0 bridgehead atoms. The first kappa shape index (κ1) is 15.3. The van der Waals surface area contributed by atoms with Crippen LogP contribution in [0.15, 0.2) is 5.38 Å². The van der Waals surface area contributed by atoms with Gasteiger partial charge in [-0.1, -0.05) is 13.3 Å². The third kappa shape index (κ3) is 3.14. The summed E-state index contributed by atoms with van der Waals surface area (Å²) < 4.78 is 5.13. The number of nitrogens with zero attached hydrogens (tertiary/aromatic N) is 1. The highest BCUT2D eigenvalue weighted by Gasteiger charge is 2.34. The van der Waals surface area contributed by atoms with Gasteiger partial charge < -0.3 is 10.1 Å². The standard InChI is InChI=1S/C15H24N2O2S/c1-5-19-13(18)15(3,4)12-9-20-14(17-12)16-11-8-6-7-10(11)2/h9-11H,5-8H2,1-4H3,(H,16,17). The molecule has 2 rings (SSSR count). The van der Waals surface area contributed by atoms with Crippen molar-refractivity contribution in [3.05, 3.63) is 11.1 Å². The molecule has 0 aromatic carbocycles. The summed E-state index contributed by atoms with van der Waals surface area (Å²) in [7, 11) is 0. The Kier molecular flexibility index (Phi) is 4.68. The molecule has 4 nitrogen and oxygen atoms in total. The van der Waals surface area contributed by atoms with Crippen molar-refractivity contribution in [2.75, 3.05) is 11.9 Å². The first-order valence-electron chi connectivity index (χ1n) is 7.35. The van der Waals surface area contributed by atoms with E-state index in [2.05, 4.69) is 17.2 Å². The molecular weight excluding hydrogens is 272 g/mol. The van der Waals surface area contributed by atoms with Crippen LogP contribution in [0.1, 0.15) is 52.7 Å². The number of anilines is 1. The number of rotatable bonds is 5. The van der Waals surface area contributed by atoms with Crippen LogP contribution in [0.5, 0.6) is 0 Å². The highest BCUT2D eigenvalue weighted by Crippen LogP contribution is 2.32. The zero-order valence-corrected chi connectivity index (χ0v) is 13.5. The summed E-state index contributed by atoms with van der Waals surface area (Å²) in [4.78, 5) is 16.6. The molecule has 2 unspecified atom stereocenters. The van der Waals surface area contributed by atoms with Gasteiger partial charge in [-0.15, -0.1) is 11.3 Å². The fourth-order valence-corrected chi connectivity index (χ4v) is 3.50. The molecule has 1 aromatic heterocycles. The number of esters is 1. The normalized spacial score (nSPS) is 22.8. The fourth-order valence-electron chi connectivity index (χ4n) is 2.56. The van der Waals surface area contributed by atoms with E-state index in [4.69, 9.17) is 4.74 Å². The summed E-state index contributed by atoms with van der Waals surface area (Å²) in [6.07, 6.45) is 3.77. The van der Waals surface area contributed by atoms with Crippen molar-refractivity contribution >= 4 is 22.4 Å². The molecule has 20 heavy (non-hydrogen) atoms. The van der Waals surface area contributed by atoms with Crippen molar-refractivity contribution in [1.29, 1.82) is 0 Å². The van der Waals surface area contributed by atoms with Gasteiger partial charge in [-0.05, 0) is 39.5 Å². The van der Waals surface area contributed by atoms with E-state index in [1.807, 2.05) is 26.2 Å². The zero-order chi connectivity index (χ0) is 14.8. The predicted octanol–water partition coefficient (Wildman–Crippen LogP) is 3.58. The zero-order valence-electron chi connectivity index (χ0n) is 12.7. The molecule has 1 N–H and O–H groups in total. The third-order valence-corrected chi connectivity index (χ3v) is 4.87. The maximum absolute atomic E-state index is 12.0. The van der Waals surface area contributed by atoms with E-state index in [-0.39, 0.29) is 5.97 Å². The molecule has 1 heterocycles. The lowest BCUT2D eigenvalue weighted by Gasteiger charge is -2.20. The van der Waals surface area contributed by atoms with Crippen LogP contribution in [0, 0.1) is 5.92 Å². The van der Waals surface area contributed by atoms with Crippen LogP contribution in [-0.2, 0) is 14.9 Å². The lowest BCUT2D eigenvalue weighted by Crippen LogP contribution is -2.31. The Hall–Kier alpha value is -1.10. The smallest absolute Gasteiger partial charge is 0.317 e. The van der Waals surface area contributed by atoms with Crippen LogP contribution >= 0.6 is 11.3 Å². The van der Waals surface area contributed by atoms with Gasteiger partial charge in [0.15, 0.2) is 5.13 Å². The molecule has 1 aliphatic carbocycles. The molecule has 1 saturated carbocycles. The number of carbonyl (C=O) groups excluding carboxylic acids is 1. The quantitative estimate of drug-likeness (QED) is 0.844. The van der Waals surface area contributed by atoms with Crippen molar-refractivity contribution in [2.24, 2.45) is 5.92 Å². The SMILES string of the molecule is CCOC(=O)C(C)(C)c1csc(NC2CCCC2C)n1. The van der Waals surface area contributed by atoms with Gasteiger partial charge in [-0.3, -0.25) is 4.79 Å². The second kappa shape index (κ2) is 6.12. The number of aromatic nitrogens is 1. The van der Waals surface area contributed by atoms with Crippen LogP contribution in [0.2, 0.25) is 0 Å². The van der Waals surface area contributed by atoms with Crippen molar-refractivity contribution in [1.82, 2.24) is 4.98 Å². The maximum Gasteiger partial charge on any atom is 0.317 e. The minimum atomic E-state index is -0.687. The molecule has 112 valence electrons. The monoisotopic (exact) mass is 296 g/mol. The van der Waals surface area contributed by atoms with Crippen LogP contribution in [0.25, 0.3) is 0 Å². The minimum Gasteiger partial charge on any atom is -0.465 e. The average molecular weight is 296 g/mol. The first-order chi connectivity index (χ1) is 9.45. The van der Waals surface area contributed by atoms with Gasteiger partial charge in [-0.25, -0.2) is 4.98 Å². The van der Waals surface area contributed by atoms with Crippen LogP contribution in [-0.4, -0.2) is 23.6 Å². The fraction of sp³-hybridized carbons (Fsp3) is 0.733. The lowest BCUT2D eigenvalue weighted by molar-refractivity contribution is -0.148. The van der Waals surface area contributed by atoms with E-state index in [9.17, 15) is 4.79 Å². The number of nitrogens with one attached hydrogen (secondary N) is 1. The number of hydrogen-bond donors (Lipinski definition) is 1. The van der Waals surface area contributed by atoms with Crippen LogP contribution in [0.4, 0.5) is 5.13 Å². The molecule has 0 spiro atoms. The third-order valence-electron chi connectivity index (χ3n) is 4.10. The summed E-state index contributed by atoms with van der Waals surface area (Å²) in [5.41, 5.74) is 0.0994. The minimum absolute atomic E-state index is 0.217. The molecule has 2 atom stereocenters. The molecule has 1 aliphatic rings. The summed E-state index contributed by atoms with van der Waals surface area (Å²) >= 11 is 1.57. The van der Waals surface area contributed by atoms with E-state index in [1.165, 1.54) is 19.3 Å². The largest absolute Gasteiger partial charge is 0.465 e. The Morgan fingerprint density at radius 1 is 1.55 bits per heavy atom. The summed E-state index contributed by atoms with van der Waals surface area (Å²) in [6.45, 7) is 8.23. The second-order valence-corrected chi connectivity index (χ2v) is 6.90. The number of ether oxygens (including phenoxy) is 1. The molecule has 0 amide bonds. The Balaban J connectivity index is 2.06. The van der Waals surface area contributed by atoms with Gasteiger partial charge in [0, 0.05) is 11.4 Å². The Labute approximate surface area is 124 Å². The molecule has 1 aromatic rings. The van der Waals surface area contributed by atoms with E-state index < -0.39 is 5.41 Å². The lowest BCUT2D eigenvalue weighted by atomic mass is 9.90. The molecule has 0 radical (unpaired) electrons. The molecular formula is C15H24N2O2S. The maximum atomic E-state index is 12.0. The topological polar surface area (TPSA) is 51.2 Å². The van der Waals surface area contributed by atoms with Crippen LogP contribution in [0.3, 0.4) is 0 Å². The Morgan fingerprint density at radius 2 is 2.30 bits per heavy atom. The van der Waals surface area contributed by atoms with Crippen molar-refractivity contribution < 1.29 is 9.53 Å². The first-order valence-corrected chi connectivity index (χ1v) is 8.23. The van der Waals surface area contributed by atoms with E-state index in [1.54, 1.807) is 11.3 Å². The molecule has 0 aliphatic heterocycles. The predicted molar refractivity (Wildman–Crippen MR) is 82.2 cm³/mol. The Bertz CT molecular complexity index is 470. The average Bonchev–Trinajstić information content (AvgIpc) is 3.01. The highest BCUT2D eigenvalue weighted by molar-refractivity contribution is 7.13. The van der Waals surface area contributed by atoms with Gasteiger partial charge in [0.25, 0.3) is 0 Å². The van der Waals surface area contributed by atoms with E-state index in [0.717, 1.165) is 10.8 Å². The second-order valence-electron chi connectivity index (χ2n) is 6.04. The Morgan fingerprint density at radius 3 is 2.90 bits per heavy atom. The van der Waals surface area contributed by atoms with Gasteiger partial charge in [0.05, 0.1) is 12.3 Å². The summed E-state index contributed by atoms with van der Waals surface area (Å²) in [5.74, 6) is 0.478. The van der Waals surface area contributed by atoms with Gasteiger partial charge >= 0.3 is 5.97 Å². The van der Waals surface area contributed by atoms with E-state index >= 15 is 0 Å². The van der Waals surface area contributed by atoms with Gasteiger partial charge in [0.2, 0.25) is 0 Å². The highest BCUT2D eigenvalue weighted by atomic mass is 32.1. The van der Waals surface area contributed by atoms with Crippen molar-refractivity contribution in [3.63, 3.8) is 0 Å². The number of thiazole rings is 1. The van der Waals surface area contributed by atoms with Crippen molar-refractivity contribution in [3.8, 4) is 0 Å². The number of carbonyl (C=O) groups is 1. The molecule has 0 saturated heterocycles. The van der Waals surface area contributed by atoms with Gasteiger partial charge in [-0.2, -0.15) is 0 Å². The van der Waals surface area contributed by atoms with Crippen LogP contribution < -0.4 is 5.32 Å².